The van der Waals surface area contributed by atoms with Crippen molar-refractivity contribution in [3.05, 3.63) is 95.4 Å². The smallest absolute Gasteiger partial charge is 0.303 e. The van der Waals surface area contributed by atoms with Crippen LogP contribution in [0.2, 0.25) is 0 Å². The van der Waals surface area contributed by atoms with Crippen molar-refractivity contribution in [3.8, 4) is 22.9 Å². The highest BCUT2D eigenvalue weighted by Crippen LogP contribution is 2.40. The average molecular weight is 594 g/mol. The van der Waals surface area contributed by atoms with Crippen molar-refractivity contribution in [2.24, 2.45) is 0 Å². The minimum atomic E-state index is -3.97. The van der Waals surface area contributed by atoms with Crippen molar-refractivity contribution in [2.75, 3.05) is 0 Å². The minimum absolute atomic E-state index is 0.0254. The summed E-state index contributed by atoms with van der Waals surface area (Å²) in [6, 6.07) is 14.1. The van der Waals surface area contributed by atoms with E-state index in [0.29, 0.717) is 23.0 Å². The summed E-state index contributed by atoms with van der Waals surface area (Å²) < 4.78 is 62.6. The van der Waals surface area contributed by atoms with Crippen LogP contribution in [0.4, 0.5) is 8.78 Å². The number of hydrogen-bond acceptors (Lipinski definition) is 5. The molecule has 0 spiro atoms. The molecule has 2 heterocycles. The van der Waals surface area contributed by atoms with Crippen molar-refractivity contribution in [2.45, 2.75) is 49.7 Å². The Kier molecular flexibility index (Phi) is 7.87. The molecular weight excluding hydrogens is 564 g/mol. The van der Waals surface area contributed by atoms with Crippen molar-refractivity contribution >= 4 is 26.7 Å². The van der Waals surface area contributed by atoms with Crippen LogP contribution in [0.1, 0.15) is 49.9 Å². The highest BCUT2D eigenvalue weighted by Gasteiger charge is 2.30. The van der Waals surface area contributed by atoms with Crippen LogP contribution < -0.4 is 4.74 Å². The van der Waals surface area contributed by atoms with Gasteiger partial charge in [-0.1, -0.05) is 31.2 Å². The summed E-state index contributed by atoms with van der Waals surface area (Å²) >= 11 is 0. The number of nitrogens with one attached hydrogen (secondary N) is 2. The number of aryl methyl sites for hydroxylation is 1. The lowest BCUT2D eigenvalue weighted by atomic mass is 9.95. The van der Waals surface area contributed by atoms with Crippen molar-refractivity contribution in [1.82, 2.24) is 15.0 Å². The van der Waals surface area contributed by atoms with Crippen LogP contribution in [-0.4, -0.2) is 39.7 Å². The molecule has 0 saturated carbocycles. The molecule has 0 aliphatic carbocycles. The molecule has 1 atom stereocenters. The van der Waals surface area contributed by atoms with Crippen molar-refractivity contribution in [3.63, 3.8) is 0 Å². The molecule has 5 aromatic rings. The van der Waals surface area contributed by atoms with Gasteiger partial charge in [-0.15, -0.1) is 0 Å². The van der Waals surface area contributed by atoms with Gasteiger partial charge in [-0.2, -0.15) is 0 Å². The third-order valence-electron chi connectivity index (χ3n) is 7.18. The molecule has 0 amide bonds. The van der Waals surface area contributed by atoms with Gasteiger partial charge >= 0.3 is 5.97 Å². The number of carboxylic acid groups (broad SMARTS) is 1. The lowest BCUT2D eigenvalue weighted by Gasteiger charge is -2.16. The van der Waals surface area contributed by atoms with E-state index in [-0.39, 0.29) is 34.4 Å². The van der Waals surface area contributed by atoms with E-state index in [0.717, 1.165) is 23.3 Å². The first-order valence-corrected chi connectivity index (χ1v) is 14.9. The topological polar surface area (TPSA) is 125 Å². The molecule has 11 heteroatoms. The predicted molar refractivity (Wildman–Crippen MR) is 155 cm³/mol. The number of sulfone groups is 1. The van der Waals surface area contributed by atoms with Gasteiger partial charge < -0.3 is 19.8 Å². The summed E-state index contributed by atoms with van der Waals surface area (Å²) in [4.78, 5) is 21.0. The summed E-state index contributed by atoms with van der Waals surface area (Å²) in [5.41, 5.74) is 2.88. The fraction of sp³-hybridized carbons (Fsp3) is 0.226. The zero-order valence-corrected chi connectivity index (χ0v) is 23.9. The monoisotopic (exact) mass is 593 g/mol. The number of aliphatic carboxylic acids is 1. The number of imidazole rings is 1. The number of fused-ring (bicyclic) bond motifs is 1. The number of rotatable bonds is 10. The van der Waals surface area contributed by atoms with Gasteiger partial charge in [0.25, 0.3) is 0 Å². The van der Waals surface area contributed by atoms with Crippen molar-refractivity contribution < 1.29 is 31.8 Å². The van der Waals surface area contributed by atoms with Crippen LogP contribution in [-0.2, 0) is 21.1 Å². The Morgan fingerprint density at radius 2 is 1.83 bits per heavy atom. The Morgan fingerprint density at radius 3 is 2.57 bits per heavy atom. The number of hydrogen-bond donors (Lipinski definition) is 3. The van der Waals surface area contributed by atoms with Crippen molar-refractivity contribution in [1.29, 1.82) is 0 Å². The number of H-pyrrole nitrogens is 2. The van der Waals surface area contributed by atoms with Crippen LogP contribution in [0.3, 0.4) is 0 Å². The molecule has 3 aromatic carbocycles. The van der Waals surface area contributed by atoms with Gasteiger partial charge in [0.15, 0.2) is 21.4 Å². The SMILES string of the molecule is CC(c1cccc(CCC(=O)O)c1)c1cnc(-c2cc(Oc3c(F)cc4[nH]ccc4c3S(=O)(=O)C(C)C)ccc2F)[nH]1. The van der Waals surface area contributed by atoms with E-state index in [2.05, 4.69) is 15.0 Å². The van der Waals surface area contributed by atoms with Crippen LogP contribution in [0.15, 0.2) is 71.9 Å². The number of carbonyl (C=O) groups is 1. The highest BCUT2D eigenvalue weighted by atomic mass is 32.2. The fourth-order valence-corrected chi connectivity index (χ4v) is 6.10. The van der Waals surface area contributed by atoms with Gasteiger partial charge in [0, 0.05) is 47.4 Å². The number of aromatic amines is 2. The first-order valence-electron chi connectivity index (χ1n) is 13.3. The van der Waals surface area contributed by atoms with E-state index in [1.807, 2.05) is 31.2 Å². The number of halogens is 2. The Morgan fingerprint density at radius 1 is 1.05 bits per heavy atom. The van der Waals surface area contributed by atoms with E-state index in [9.17, 15) is 13.2 Å². The molecular formula is C31H29F2N3O5S. The van der Waals surface area contributed by atoms with Crippen LogP contribution >= 0.6 is 0 Å². The molecule has 218 valence electrons. The van der Waals surface area contributed by atoms with E-state index in [4.69, 9.17) is 9.84 Å². The number of ether oxygens (including phenoxy) is 1. The van der Waals surface area contributed by atoms with E-state index < -0.39 is 38.4 Å². The molecule has 42 heavy (non-hydrogen) atoms. The predicted octanol–water partition coefficient (Wildman–Crippen LogP) is 6.98. The largest absolute Gasteiger partial charge is 0.481 e. The first-order chi connectivity index (χ1) is 20.0. The van der Waals surface area contributed by atoms with E-state index in [1.165, 1.54) is 32.2 Å². The summed E-state index contributed by atoms with van der Waals surface area (Å²) in [6.07, 6.45) is 3.53. The Labute approximate surface area is 241 Å². The maximum Gasteiger partial charge on any atom is 0.303 e. The van der Waals surface area contributed by atoms with Crippen LogP contribution in [0, 0.1) is 11.6 Å². The maximum atomic E-state index is 15.3. The number of aromatic nitrogens is 3. The summed E-state index contributed by atoms with van der Waals surface area (Å²) in [6.45, 7) is 4.95. The standard InChI is InChI=1S/C31H29F2N3O5S/c1-17(2)42(39,40)30-22-11-12-34-26(22)15-25(33)29(30)41-21-8-9-24(32)23(14-21)31-35-16-27(36-31)18(3)20-6-4-5-19(13-20)7-10-28(37)38/h4-6,8-9,11-18,34H,7,10H2,1-3H3,(H,35,36)(H,37,38). The van der Waals surface area contributed by atoms with Gasteiger partial charge in [0.1, 0.15) is 22.3 Å². The lowest BCUT2D eigenvalue weighted by molar-refractivity contribution is -0.136. The summed E-state index contributed by atoms with van der Waals surface area (Å²) in [5.74, 6) is -2.76. The average Bonchev–Trinajstić information content (AvgIpc) is 3.62. The third kappa shape index (κ3) is 5.64. The molecule has 2 aromatic heterocycles. The summed E-state index contributed by atoms with van der Waals surface area (Å²) in [5, 5.41) is 8.43. The molecule has 0 radical (unpaired) electrons. The van der Waals surface area contributed by atoms with Gasteiger partial charge in [-0.3, -0.25) is 4.79 Å². The quantitative estimate of drug-likeness (QED) is 0.160. The first kappa shape index (κ1) is 29.0. The van der Waals surface area contributed by atoms with E-state index in [1.54, 1.807) is 12.3 Å². The Bertz CT molecular complexity index is 1900. The molecule has 3 N–H and O–H groups in total. The zero-order valence-electron chi connectivity index (χ0n) is 23.1. The molecule has 1 unspecified atom stereocenters. The zero-order chi connectivity index (χ0) is 30.2. The Balaban J connectivity index is 1.47. The van der Waals surface area contributed by atoms with E-state index >= 15 is 8.78 Å². The molecule has 0 aliphatic heterocycles. The fourth-order valence-electron chi connectivity index (χ4n) is 4.74. The van der Waals surface area contributed by atoms with Crippen LogP contribution in [0.5, 0.6) is 11.5 Å². The second-order valence-electron chi connectivity index (χ2n) is 10.3. The normalized spacial score (nSPS) is 12.6. The molecule has 0 fully saturated rings. The third-order valence-corrected chi connectivity index (χ3v) is 9.39. The second-order valence-corrected chi connectivity index (χ2v) is 12.8. The van der Waals surface area contributed by atoms with Gasteiger partial charge in [-0.05, 0) is 55.7 Å². The van der Waals surface area contributed by atoms with Gasteiger partial charge in [0.05, 0.1) is 10.8 Å². The minimum Gasteiger partial charge on any atom is -0.481 e. The molecule has 8 nitrogen and oxygen atoms in total. The van der Waals surface area contributed by atoms with Gasteiger partial charge in [0.2, 0.25) is 0 Å². The second kappa shape index (κ2) is 11.4. The lowest BCUT2D eigenvalue weighted by Crippen LogP contribution is -2.16. The Hall–Kier alpha value is -4.51. The summed E-state index contributed by atoms with van der Waals surface area (Å²) in [7, 11) is -3.97. The van der Waals surface area contributed by atoms with Crippen LogP contribution in [0.25, 0.3) is 22.3 Å². The van der Waals surface area contributed by atoms with Gasteiger partial charge in [-0.25, -0.2) is 22.2 Å². The molecule has 0 aliphatic rings. The maximum absolute atomic E-state index is 15.3. The molecule has 5 rings (SSSR count). The number of benzene rings is 3. The molecule has 0 saturated heterocycles. The number of nitrogens with zero attached hydrogens (tertiary/aromatic N) is 1. The highest BCUT2D eigenvalue weighted by molar-refractivity contribution is 7.92. The molecule has 0 bridgehead atoms. The number of carboxylic acids is 1.